The van der Waals surface area contributed by atoms with E-state index in [9.17, 15) is 9.18 Å². The highest BCUT2D eigenvalue weighted by molar-refractivity contribution is 7.99. The lowest BCUT2D eigenvalue weighted by atomic mass is 10.2. The van der Waals surface area contributed by atoms with Gasteiger partial charge in [-0.2, -0.15) is 0 Å². The summed E-state index contributed by atoms with van der Waals surface area (Å²) in [6, 6.07) is 15.5. The zero-order valence-corrected chi connectivity index (χ0v) is 17.6. The van der Waals surface area contributed by atoms with Crippen LogP contribution in [0.25, 0.3) is 17.3 Å². The molecule has 9 heteroatoms. The van der Waals surface area contributed by atoms with Crippen LogP contribution < -0.4 is 10.1 Å². The van der Waals surface area contributed by atoms with E-state index in [0.717, 1.165) is 11.4 Å². The molecule has 0 aliphatic rings. The molecule has 1 N–H and O–H groups in total. The fourth-order valence-electron chi connectivity index (χ4n) is 2.89. The number of anilines is 1. The molecule has 0 radical (unpaired) electrons. The molecular formula is C22H19FN4O3S. The normalized spacial score (nSPS) is 10.8. The van der Waals surface area contributed by atoms with Gasteiger partial charge in [0.1, 0.15) is 11.6 Å². The van der Waals surface area contributed by atoms with E-state index in [0.29, 0.717) is 28.0 Å². The minimum Gasteiger partial charge on any atom is -0.497 e. The summed E-state index contributed by atoms with van der Waals surface area (Å²) >= 11 is 1.22. The molecule has 0 saturated carbocycles. The molecule has 0 atom stereocenters. The maximum atomic E-state index is 13.7. The van der Waals surface area contributed by atoms with Gasteiger partial charge in [0.2, 0.25) is 11.7 Å². The number of carbonyl (C=O) groups is 1. The zero-order chi connectivity index (χ0) is 21.8. The number of aromatic nitrogens is 3. The summed E-state index contributed by atoms with van der Waals surface area (Å²) in [4.78, 5) is 12.4. The average Bonchev–Trinajstić information content (AvgIpc) is 3.44. The first-order valence-corrected chi connectivity index (χ1v) is 10.4. The summed E-state index contributed by atoms with van der Waals surface area (Å²) in [5, 5.41) is 11.7. The number of methoxy groups -OCH3 is 1. The van der Waals surface area contributed by atoms with Gasteiger partial charge < -0.3 is 14.5 Å². The molecule has 2 aromatic carbocycles. The standard InChI is InChI=1S/C22H19FN4O3S/c1-14-5-6-15(12-18(14)23)24-20(28)13-31-22-26-25-21(19-4-3-11-30-19)27(22)16-7-9-17(29-2)10-8-16/h3-12H,13H2,1-2H3,(H,24,28). The van der Waals surface area contributed by atoms with Crippen molar-refractivity contribution in [3.8, 4) is 23.0 Å². The number of benzene rings is 2. The topological polar surface area (TPSA) is 82.2 Å². The monoisotopic (exact) mass is 438 g/mol. The molecule has 0 fully saturated rings. The van der Waals surface area contributed by atoms with Crippen molar-refractivity contribution >= 4 is 23.4 Å². The summed E-state index contributed by atoms with van der Waals surface area (Å²) < 4.78 is 26.2. The Morgan fingerprint density at radius 3 is 2.68 bits per heavy atom. The maximum Gasteiger partial charge on any atom is 0.234 e. The van der Waals surface area contributed by atoms with Crippen molar-refractivity contribution in [2.24, 2.45) is 0 Å². The Kier molecular flexibility index (Phi) is 6.03. The maximum absolute atomic E-state index is 13.7. The van der Waals surface area contributed by atoms with E-state index in [1.165, 1.54) is 17.8 Å². The highest BCUT2D eigenvalue weighted by Crippen LogP contribution is 2.29. The highest BCUT2D eigenvalue weighted by atomic mass is 32.2. The van der Waals surface area contributed by atoms with Crippen molar-refractivity contribution in [1.82, 2.24) is 14.8 Å². The van der Waals surface area contributed by atoms with Crippen LogP contribution in [0.5, 0.6) is 5.75 Å². The molecule has 158 valence electrons. The third kappa shape index (κ3) is 4.61. The molecule has 0 aliphatic carbocycles. The van der Waals surface area contributed by atoms with Gasteiger partial charge in [-0.3, -0.25) is 9.36 Å². The van der Waals surface area contributed by atoms with Crippen molar-refractivity contribution in [1.29, 1.82) is 0 Å². The van der Waals surface area contributed by atoms with Gasteiger partial charge in [0, 0.05) is 5.69 Å². The Balaban J connectivity index is 1.56. The summed E-state index contributed by atoms with van der Waals surface area (Å²) in [5.41, 5.74) is 1.72. The first-order chi connectivity index (χ1) is 15.0. The fraction of sp³-hybridized carbons (Fsp3) is 0.136. The number of hydrogen-bond acceptors (Lipinski definition) is 6. The van der Waals surface area contributed by atoms with Crippen LogP contribution in [0.3, 0.4) is 0 Å². The van der Waals surface area contributed by atoms with Crippen molar-refractivity contribution in [3.05, 3.63) is 72.2 Å². The van der Waals surface area contributed by atoms with E-state index in [-0.39, 0.29) is 17.5 Å². The Hall–Kier alpha value is -3.59. The Labute approximate surface area is 182 Å². The van der Waals surface area contributed by atoms with Gasteiger partial charge >= 0.3 is 0 Å². The lowest BCUT2D eigenvalue weighted by Gasteiger charge is -2.10. The number of nitrogens with zero attached hydrogens (tertiary/aromatic N) is 3. The Morgan fingerprint density at radius 1 is 1.19 bits per heavy atom. The lowest BCUT2D eigenvalue weighted by molar-refractivity contribution is -0.113. The van der Waals surface area contributed by atoms with Crippen LogP contribution in [0.15, 0.2) is 70.4 Å². The highest BCUT2D eigenvalue weighted by Gasteiger charge is 2.19. The van der Waals surface area contributed by atoms with E-state index in [2.05, 4.69) is 15.5 Å². The van der Waals surface area contributed by atoms with Crippen molar-refractivity contribution in [2.75, 3.05) is 18.2 Å². The minimum atomic E-state index is -0.368. The molecule has 0 saturated heterocycles. The molecule has 7 nitrogen and oxygen atoms in total. The van der Waals surface area contributed by atoms with Gasteiger partial charge in [0.05, 0.1) is 24.8 Å². The molecule has 2 heterocycles. The van der Waals surface area contributed by atoms with E-state index >= 15 is 0 Å². The zero-order valence-electron chi connectivity index (χ0n) is 16.8. The van der Waals surface area contributed by atoms with Crippen LogP contribution in [0, 0.1) is 12.7 Å². The first-order valence-electron chi connectivity index (χ1n) is 9.37. The van der Waals surface area contributed by atoms with Crippen molar-refractivity contribution in [2.45, 2.75) is 12.1 Å². The van der Waals surface area contributed by atoms with Crippen LogP contribution in [-0.4, -0.2) is 33.5 Å². The summed E-state index contributed by atoms with van der Waals surface area (Å²) in [5.74, 6) is 1.20. The predicted molar refractivity (Wildman–Crippen MR) is 116 cm³/mol. The van der Waals surface area contributed by atoms with E-state index in [1.807, 2.05) is 28.8 Å². The number of halogens is 1. The molecule has 31 heavy (non-hydrogen) atoms. The SMILES string of the molecule is COc1ccc(-n2c(SCC(=O)Nc3ccc(C)c(F)c3)nnc2-c2ccco2)cc1. The average molecular weight is 438 g/mol. The fourth-order valence-corrected chi connectivity index (χ4v) is 3.64. The first kappa shape index (κ1) is 20.7. The van der Waals surface area contributed by atoms with Crippen molar-refractivity contribution in [3.63, 3.8) is 0 Å². The van der Waals surface area contributed by atoms with Crippen LogP contribution in [0.2, 0.25) is 0 Å². The third-order valence-corrected chi connectivity index (χ3v) is 5.42. The van der Waals surface area contributed by atoms with Gasteiger partial charge in [0.25, 0.3) is 0 Å². The number of carbonyl (C=O) groups excluding carboxylic acids is 1. The number of amides is 1. The van der Waals surface area contributed by atoms with Gasteiger partial charge in [-0.15, -0.1) is 10.2 Å². The Morgan fingerprint density at radius 2 is 2.00 bits per heavy atom. The van der Waals surface area contributed by atoms with Gasteiger partial charge in [-0.25, -0.2) is 4.39 Å². The molecule has 0 spiro atoms. The lowest BCUT2D eigenvalue weighted by Crippen LogP contribution is -2.14. The van der Waals surface area contributed by atoms with Crippen LogP contribution in [-0.2, 0) is 4.79 Å². The number of thioether (sulfide) groups is 1. The second-order valence-electron chi connectivity index (χ2n) is 6.62. The largest absolute Gasteiger partial charge is 0.497 e. The van der Waals surface area contributed by atoms with Gasteiger partial charge in [0.15, 0.2) is 10.9 Å². The van der Waals surface area contributed by atoms with Gasteiger partial charge in [-0.1, -0.05) is 17.8 Å². The quantitative estimate of drug-likeness (QED) is 0.421. The number of aryl methyl sites for hydroxylation is 1. The van der Waals surface area contributed by atoms with E-state index in [4.69, 9.17) is 9.15 Å². The third-order valence-electron chi connectivity index (χ3n) is 4.49. The molecular weight excluding hydrogens is 419 g/mol. The molecule has 0 unspecified atom stereocenters. The molecule has 4 rings (SSSR count). The van der Waals surface area contributed by atoms with E-state index < -0.39 is 0 Å². The van der Waals surface area contributed by atoms with Crippen LogP contribution >= 0.6 is 11.8 Å². The number of nitrogens with one attached hydrogen (secondary N) is 1. The molecule has 0 aliphatic heterocycles. The smallest absolute Gasteiger partial charge is 0.234 e. The second kappa shape index (κ2) is 9.05. The predicted octanol–water partition coefficient (Wildman–Crippen LogP) is 4.71. The number of rotatable bonds is 7. The summed E-state index contributed by atoms with van der Waals surface area (Å²) in [6.07, 6.45) is 1.56. The molecule has 1 amide bonds. The van der Waals surface area contributed by atoms with Crippen LogP contribution in [0.1, 0.15) is 5.56 Å². The molecule has 4 aromatic rings. The molecule has 2 aromatic heterocycles. The minimum absolute atomic E-state index is 0.0714. The second-order valence-corrected chi connectivity index (χ2v) is 7.56. The number of hydrogen-bond donors (Lipinski definition) is 1. The Bertz CT molecular complexity index is 1190. The summed E-state index contributed by atoms with van der Waals surface area (Å²) in [6.45, 7) is 1.67. The summed E-state index contributed by atoms with van der Waals surface area (Å²) in [7, 11) is 1.60. The van der Waals surface area contributed by atoms with Crippen LogP contribution in [0.4, 0.5) is 10.1 Å². The van der Waals surface area contributed by atoms with Gasteiger partial charge in [-0.05, 0) is 61.0 Å². The van der Waals surface area contributed by atoms with Crippen molar-refractivity contribution < 1.29 is 18.3 Å². The number of furan rings is 1. The molecule has 0 bridgehead atoms. The van der Waals surface area contributed by atoms with E-state index in [1.54, 1.807) is 44.6 Å². The number of ether oxygens (including phenoxy) is 1.